The lowest BCUT2D eigenvalue weighted by molar-refractivity contribution is -0.140. The summed E-state index contributed by atoms with van der Waals surface area (Å²) in [6.07, 6.45) is -4.56. The van der Waals surface area contributed by atoms with Crippen molar-refractivity contribution < 1.29 is 31.9 Å². The predicted molar refractivity (Wildman–Crippen MR) is 83.0 cm³/mol. The number of aromatic nitrogens is 2. The fourth-order valence-electron chi connectivity index (χ4n) is 2.27. The van der Waals surface area contributed by atoms with Gasteiger partial charge in [-0.25, -0.2) is 9.18 Å². The minimum atomic E-state index is -4.95. The minimum absolute atomic E-state index is 0.00196. The number of rotatable bonds is 5. The number of alkyl halides is 3. The van der Waals surface area contributed by atoms with E-state index in [2.05, 4.69) is 5.10 Å². The molecule has 2 aromatic rings. The van der Waals surface area contributed by atoms with Crippen LogP contribution < -0.4 is 5.73 Å². The van der Waals surface area contributed by atoms with Crippen molar-refractivity contribution in [3.63, 3.8) is 0 Å². The maximum atomic E-state index is 13.3. The van der Waals surface area contributed by atoms with Crippen LogP contribution >= 0.6 is 0 Å². The van der Waals surface area contributed by atoms with Crippen LogP contribution in [0.4, 0.5) is 23.4 Å². The summed E-state index contributed by atoms with van der Waals surface area (Å²) in [5.41, 5.74) is 4.09. The molecule has 2 N–H and O–H groups in total. The Morgan fingerprint density at radius 1 is 1.31 bits per heavy atom. The zero-order chi connectivity index (χ0) is 19.6. The second-order valence-corrected chi connectivity index (χ2v) is 5.38. The summed E-state index contributed by atoms with van der Waals surface area (Å²) in [6.45, 7) is 0.917. The molecule has 140 valence electrons. The van der Waals surface area contributed by atoms with E-state index >= 15 is 0 Å². The van der Waals surface area contributed by atoms with Gasteiger partial charge in [-0.05, 0) is 24.6 Å². The molecule has 10 heteroatoms. The molecule has 1 aromatic heterocycles. The van der Waals surface area contributed by atoms with Gasteiger partial charge in [0.2, 0.25) is 0 Å². The van der Waals surface area contributed by atoms with Gasteiger partial charge in [-0.3, -0.25) is 9.48 Å². The summed E-state index contributed by atoms with van der Waals surface area (Å²) in [5.74, 6) is -3.29. The lowest BCUT2D eigenvalue weighted by Crippen LogP contribution is -2.17. The highest BCUT2D eigenvalue weighted by Gasteiger charge is 2.34. The van der Waals surface area contributed by atoms with Gasteiger partial charge in [0.1, 0.15) is 17.2 Å². The van der Waals surface area contributed by atoms with Crippen molar-refractivity contribution in [3.8, 4) is 0 Å². The zero-order valence-corrected chi connectivity index (χ0v) is 13.9. The molecule has 0 fully saturated rings. The van der Waals surface area contributed by atoms with E-state index in [1.54, 1.807) is 6.92 Å². The van der Waals surface area contributed by atoms with Crippen molar-refractivity contribution in [1.29, 1.82) is 0 Å². The molecule has 1 aromatic carbocycles. The number of ketones is 1. The zero-order valence-electron chi connectivity index (χ0n) is 13.9. The Morgan fingerprint density at radius 2 is 1.96 bits per heavy atom. The number of nitrogen functional groups attached to an aromatic ring is 1. The highest BCUT2D eigenvalue weighted by atomic mass is 19.4. The number of aryl methyl sites for hydroxylation is 2. The van der Waals surface area contributed by atoms with Crippen LogP contribution in [0.15, 0.2) is 18.2 Å². The molecule has 0 bridgehead atoms. The normalized spacial score (nSPS) is 11.5. The van der Waals surface area contributed by atoms with E-state index in [-0.39, 0.29) is 11.4 Å². The number of carbonyl (C=O) groups is 2. The molecule has 0 amide bonds. The number of benzene rings is 1. The Morgan fingerprint density at radius 3 is 2.54 bits per heavy atom. The number of nitrogens with zero attached hydrogens (tertiary/aromatic N) is 2. The Hall–Kier alpha value is -2.91. The first kappa shape index (κ1) is 19.4. The van der Waals surface area contributed by atoms with Gasteiger partial charge in [0.25, 0.3) is 0 Å². The predicted octanol–water partition coefficient (Wildman–Crippen LogP) is 2.76. The third-order valence-electron chi connectivity index (χ3n) is 3.63. The van der Waals surface area contributed by atoms with Gasteiger partial charge in [-0.2, -0.15) is 18.3 Å². The molecule has 26 heavy (non-hydrogen) atoms. The van der Waals surface area contributed by atoms with Crippen LogP contribution in [0.1, 0.15) is 38.9 Å². The Bertz CT molecular complexity index is 859. The van der Waals surface area contributed by atoms with Crippen LogP contribution in [0.3, 0.4) is 0 Å². The number of esters is 1. The molecule has 0 radical (unpaired) electrons. The molecule has 1 heterocycles. The molecule has 0 atom stereocenters. The van der Waals surface area contributed by atoms with Crippen molar-refractivity contribution in [1.82, 2.24) is 9.78 Å². The maximum Gasteiger partial charge on any atom is 0.419 e. The first-order valence-corrected chi connectivity index (χ1v) is 7.44. The first-order chi connectivity index (χ1) is 12.1. The van der Waals surface area contributed by atoms with Gasteiger partial charge < -0.3 is 10.5 Å². The smallest absolute Gasteiger partial charge is 0.419 e. The maximum absolute atomic E-state index is 13.3. The molecule has 0 unspecified atom stereocenters. The molecule has 0 aliphatic heterocycles. The number of anilines is 1. The molecule has 2 rings (SSSR count). The van der Waals surface area contributed by atoms with Crippen LogP contribution in [0.25, 0.3) is 0 Å². The Balaban J connectivity index is 2.16. The van der Waals surface area contributed by atoms with Crippen molar-refractivity contribution in [2.24, 2.45) is 7.05 Å². The third-order valence-corrected chi connectivity index (χ3v) is 3.63. The van der Waals surface area contributed by atoms with E-state index in [1.807, 2.05) is 0 Å². The molecule has 0 aliphatic rings. The minimum Gasteiger partial charge on any atom is -0.454 e. The summed E-state index contributed by atoms with van der Waals surface area (Å²) < 4.78 is 57.5. The van der Waals surface area contributed by atoms with E-state index in [1.165, 1.54) is 11.7 Å². The number of nitrogens with two attached hydrogens (primary N) is 1. The number of Topliss-reactive ketones (excluding diaryl/α,β-unsaturated/α-hetero) is 1. The second-order valence-electron chi connectivity index (χ2n) is 5.38. The van der Waals surface area contributed by atoms with E-state index in [4.69, 9.17) is 10.5 Å². The molecule has 0 saturated carbocycles. The molecular formula is C16H15F4N3O3. The second kappa shape index (κ2) is 7.14. The fourth-order valence-corrected chi connectivity index (χ4v) is 2.27. The highest BCUT2D eigenvalue weighted by molar-refractivity contribution is 6.01. The molecule has 0 spiro atoms. The van der Waals surface area contributed by atoms with Gasteiger partial charge in [0.05, 0.1) is 11.3 Å². The van der Waals surface area contributed by atoms with Crippen LogP contribution in [0, 0.1) is 5.82 Å². The van der Waals surface area contributed by atoms with Crippen LogP contribution in [0.2, 0.25) is 0 Å². The van der Waals surface area contributed by atoms with Crippen LogP contribution in [-0.2, 0) is 24.4 Å². The number of hydrogen-bond donors (Lipinski definition) is 1. The number of halogens is 4. The fraction of sp³-hybridized carbons (Fsp3) is 0.312. The topological polar surface area (TPSA) is 87.2 Å². The number of ether oxygens (including phenoxy) is 1. The van der Waals surface area contributed by atoms with Crippen LogP contribution in [-0.4, -0.2) is 28.1 Å². The molecular weight excluding hydrogens is 358 g/mol. The largest absolute Gasteiger partial charge is 0.454 e. The van der Waals surface area contributed by atoms with Gasteiger partial charge in [-0.1, -0.05) is 6.92 Å². The van der Waals surface area contributed by atoms with E-state index < -0.39 is 41.5 Å². The van der Waals surface area contributed by atoms with Gasteiger partial charge in [-0.15, -0.1) is 0 Å². The molecule has 0 saturated heterocycles. The molecule has 6 nitrogen and oxygen atoms in total. The summed E-state index contributed by atoms with van der Waals surface area (Å²) in [5, 5.41) is 4.02. The van der Waals surface area contributed by atoms with Gasteiger partial charge in [0, 0.05) is 12.6 Å². The van der Waals surface area contributed by atoms with E-state index in [0.717, 1.165) is 6.07 Å². The summed E-state index contributed by atoms with van der Waals surface area (Å²) in [7, 11) is 1.52. The Kier molecular flexibility index (Phi) is 5.33. The lowest BCUT2D eigenvalue weighted by Gasteiger charge is -2.10. The van der Waals surface area contributed by atoms with Crippen molar-refractivity contribution >= 4 is 17.6 Å². The van der Waals surface area contributed by atoms with Gasteiger partial charge >= 0.3 is 12.1 Å². The standard InChI is InChI=1S/C16H15F4N3O3/c1-3-11-13(14(21)23(2)22-11)15(25)26-7-12(24)8-4-5-10(17)9(6-8)16(18,19)20/h4-6H,3,7,21H2,1-2H3. The highest BCUT2D eigenvalue weighted by Crippen LogP contribution is 2.32. The lowest BCUT2D eigenvalue weighted by atomic mass is 10.1. The summed E-state index contributed by atoms with van der Waals surface area (Å²) >= 11 is 0. The number of carbonyl (C=O) groups excluding carboxylic acids is 2. The summed E-state index contributed by atoms with van der Waals surface area (Å²) in [6, 6.07) is 1.80. The summed E-state index contributed by atoms with van der Waals surface area (Å²) in [4.78, 5) is 24.1. The Labute approximate surface area is 145 Å². The number of hydrogen-bond acceptors (Lipinski definition) is 5. The van der Waals surface area contributed by atoms with Crippen molar-refractivity contribution in [2.45, 2.75) is 19.5 Å². The van der Waals surface area contributed by atoms with Gasteiger partial charge in [0.15, 0.2) is 12.4 Å². The first-order valence-electron chi connectivity index (χ1n) is 7.44. The van der Waals surface area contributed by atoms with Crippen LogP contribution in [0.5, 0.6) is 0 Å². The third kappa shape index (κ3) is 3.84. The average molecular weight is 373 g/mol. The average Bonchev–Trinajstić information content (AvgIpc) is 2.86. The van der Waals surface area contributed by atoms with Crippen molar-refractivity contribution in [3.05, 3.63) is 46.4 Å². The van der Waals surface area contributed by atoms with E-state index in [0.29, 0.717) is 24.2 Å². The van der Waals surface area contributed by atoms with E-state index in [9.17, 15) is 27.2 Å². The quantitative estimate of drug-likeness (QED) is 0.495. The monoisotopic (exact) mass is 373 g/mol. The molecule has 0 aliphatic carbocycles. The van der Waals surface area contributed by atoms with Crippen molar-refractivity contribution in [2.75, 3.05) is 12.3 Å². The SMILES string of the molecule is CCc1nn(C)c(N)c1C(=O)OCC(=O)c1ccc(F)c(C(F)(F)F)c1.